The van der Waals surface area contributed by atoms with E-state index in [1.54, 1.807) is 59.3 Å². The Hall–Kier alpha value is -5.31. The molecule has 1 aliphatic heterocycles. The molecular weight excluding hydrogens is 749 g/mol. The zero-order valence-corrected chi connectivity index (χ0v) is 33.2. The molecule has 55 heavy (non-hydrogen) atoms. The van der Waals surface area contributed by atoms with Crippen LogP contribution in [-0.2, 0) is 24.4 Å². The zero-order chi connectivity index (χ0) is 41.9. The van der Waals surface area contributed by atoms with Crippen molar-refractivity contribution in [3.8, 4) is 31.4 Å². The van der Waals surface area contributed by atoms with Crippen molar-refractivity contribution in [3.05, 3.63) is 83.0 Å². The van der Waals surface area contributed by atoms with Crippen LogP contribution < -0.4 is 25.7 Å². The number of fused-ring (bicyclic) bond motifs is 1. The lowest BCUT2D eigenvalue weighted by molar-refractivity contribution is -0.140. The van der Waals surface area contributed by atoms with E-state index >= 15 is 0 Å². The Morgan fingerprint density at radius 2 is 1.65 bits per heavy atom. The molecular formula is C40H51ClFN5O7S. The van der Waals surface area contributed by atoms with Crippen molar-refractivity contribution < 1.29 is 31.9 Å². The van der Waals surface area contributed by atoms with Gasteiger partial charge >= 0.3 is 0 Å². The van der Waals surface area contributed by atoms with Crippen LogP contribution >= 0.6 is 11.6 Å². The molecule has 15 heteroatoms. The molecule has 2 atom stereocenters. The monoisotopic (exact) mass is 799 g/mol. The van der Waals surface area contributed by atoms with Gasteiger partial charge in [0.2, 0.25) is 28.2 Å². The molecule has 3 amide bonds. The molecule has 1 unspecified atom stereocenters. The van der Waals surface area contributed by atoms with E-state index in [2.05, 4.69) is 54.5 Å². The Labute approximate surface area is 328 Å². The Kier molecular flexibility index (Phi) is 19.8. The number of carbonyl (C=O) groups excluding carboxylic acids is 3. The number of ether oxygens (including phenoxy) is 1. The van der Waals surface area contributed by atoms with E-state index in [1.165, 1.54) is 6.07 Å². The van der Waals surface area contributed by atoms with Gasteiger partial charge in [0.05, 0.1) is 23.4 Å². The first-order valence-electron chi connectivity index (χ1n) is 17.2. The zero-order valence-electron chi connectivity index (χ0n) is 31.6. The largest absolute Gasteiger partial charge is 0.495 e. The molecule has 1 aromatic heterocycles. The van der Waals surface area contributed by atoms with E-state index in [0.29, 0.717) is 47.7 Å². The van der Waals surface area contributed by atoms with Crippen molar-refractivity contribution in [3.63, 3.8) is 0 Å². The van der Waals surface area contributed by atoms with Gasteiger partial charge in [-0.1, -0.05) is 44.5 Å². The molecule has 1 saturated heterocycles. The third kappa shape index (κ3) is 14.5. The molecule has 2 saturated carbocycles. The molecule has 6 rings (SSSR count). The summed E-state index contributed by atoms with van der Waals surface area (Å²) in [5, 5.41) is 7.62. The number of methoxy groups -OCH3 is 1. The summed E-state index contributed by atoms with van der Waals surface area (Å²) < 4.78 is 42.3. The number of para-hydroxylation sites is 1. The number of anilines is 1. The molecule has 0 radical (unpaired) electrons. The predicted molar refractivity (Wildman–Crippen MR) is 217 cm³/mol. The van der Waals surface area contributed by atoms with Crippen LogP contribution in [0.3, 0.4) is 0 Å². The molecule has 0 spiro atoms. The molecule has 3 fully saturated rings. The Morgan fingerprint density at radius 3 is 2.18 bits per heavy atom. The molecule has 2 aromatic carbocycles. The molecule has 3 aliphatic rings. The average molecular weight is 800 g/mol. The van der Waals surface area contributed by atoms with Crippen LogP contribution in [0.15, 0.2) is 66.6 Å². The van der Waals surface area contributed by atoms with E-state index in [4.69, 9.17) is 16.3 Å². The smallest absolute Gasteiger partial charge is 0.256 e. The maximum Gasteiger partial charge on any atom is 0.256 e. The Bertz CT molecular complexity index is 1930. The lowest BCUT2D eigenvalue weighted by Gasteiger charge is -2.36. The minimum Gasteiger partial charge on any atom is -0.495 e. The van der Waals surface area contributed by atoms with Crippen LogP contribution in [0.5, 0.6) is 5.75 Å². The number of aromatic amines is 1. The van der Waals surface area contributed by atoms with Crippen LogP contribution in [0.2, 0.25) is 5.02 Å². The number of carbonyl (C=O) groups is 3. The number of nitrogens with zero attached hydrogens (tertiary/aromatic N) is 1. The van der Waals surface area contributed by atoms with Gasteiger partial charge in [-0.15, -0.1) is 38.9 Å². The van der Waals surface area contributed by atoms with Crippen molar-refractivity contribution in [2.24, 2.45) is 5.41 Å². The number of rotatable bonds is 9. The van der Waals surface area contributed by atoms with Gasteiger partial charge in [0.1, 0.15) is 23.7 Å². The highest BCUT2D eigenvalue weighted by atomic mass is 35.5. The first-order valence-corrected chi connectivity index (χ1v) is 19.2. The Morgan fingerprint density at radius 1 is 1.04 bits per heavy atom. The number of nitrogens with one attached hydrogen (secondary N) is 4. The van der Waals surface area contributed by atoms with Gasteiger partial charge in [0.25, 0.3) is 5.56 Å². The summed E-state index contributed by atoms with van der Waals surface area (Å²) in [4.78, 5) is 51.1. The molecule has 3 aromatic rings. The van der Waals surface area contributed by atoms with Gasteiger partial charge in [0, 0.05) is 29.2 Å². The summed E-state index contributed by atoms with van der Waals surface area (Å²) in [5.41, 5.74) is -0.290. The number of halogens is 2. The number of hydrogen-bond donors (Lipinski definition) is 4. The number of pyridine rings is 1. The highest BCUT2D eigenvalue weighted by Crippen LogP contribution is 2.30. The third-order valence-corrected chi connectivity index (χ3v) is 10.3. The summed E-state index contributed by atoms with van der Waals surface area (Å²) >= 11 is 5.79. The second-order valence-electron chi connectivity index (χ2n) is 13.3. The minimum atomic E-state index is -3.26. The lowest BCUT2D eigenvalue weighted by atomic mass is 9.85. The lowest BCUT2D eigenvalue weighted by Crippen LogP contribution is -2.54. The maximum atomic E-state index is 14.1. The standard InChI is InChI=1S/C20H28FN3O2.C10H8ClNO2.C4H7NO3S.C2H4.2C2H2/c1-20(2,3)17(23-15-8-5-4-7-14(15)21)19(26)24-12-6-9-16(24)18(25)22-13-10-11-13;1-14-9-5-12-10(13)8-4-6(11)2-3-7(8)9;6-3-5-9(7,8)4-1-2-4;3*1-2/h4-5,7-8,13,16-17,23H,6,9-12H2,1-3H3,(H,22,25);2-5H,1H3,(H,12,13);3-4H,1-2H2,(H,5,6);1-2H2;2*1-2H/t16-,17?;;;;;/m0...../s1. The second-order valence-corrected chi connectivity index (χ2v) is 15.7. The minimum absolute atomic E-state index is 0.0584. The number of hydrogen-bond acceptors (Lipinski definition) is 8. The third-order valence-electron chi connectivity index (χ3n) is 8.27. The van der Waals surface area contributed by atoms with Crippen molar-refractivity contribution in [1.29, 1.82) is 0 Å². The topological polar surface area (TPSA) is 167 Å². The normalized spacial score (nSPS) is 16.0. The molecule has 0 bridgehead atoms. The van der Waals surface area contributed by atoms with Gasteiger partial charge in [-0.05, 0) is 74.3 Å². The van der Waals surface area contributed by atoms with Crippen LogP contribution in [-0.4, -0.2) is 73.6 Å². The van der Waals surface area contributed by atoms with E-state index in [1.807, 2.05) is 20.8 Å². The summed E-state index contributed by atoms with van der Waals surface area (Å²) in [6.45, 7) is 12.4. The number of aromatic nitrogens is 1. The average Bonchev–Trinajstić information content (AvgIpc) is 4.12. The van der Waals surface area contributed by atoms with Gasteiger partial charge in [0.15, 0.2) is 0 Å². The van der Waals surface area contributed by atoms with Gasteiger partial charge < -0.3 is 25.3 Å². The molecule has 12 nitrogen and oxygen atoms in total. The van der Waals surface area contributed by atoms with E-state index in [9.17, 15) is 32.0 Å². The van der Waals surface area contributed by atoms with Crippen LogP contribution in [0.1, 0.15) is 59.3 Å². The number of terminal acetylenes is 2. The van der Waals surface area contributed by atoms with Crippen LogP contribution in [0.25, 0.3) is 10.8 Å². The number of H-pyrrole nitrogens is 1. The molecule has 4 N–H and O–H groups in total. The summed E-state index contributed by atoms with van der Waals surface area (Å²) in [6.07, 6.45) is 22.6. The summed E-state index contributed by atoms with van der Waals surface area (Å²) in [6, 6.07) is 10.7. The fourth-order valence-corrected chi connectivity index (χ4v) is 6.55. The number of benzene rings is 2. The van der Waals surface area contributed by atoms with Crippen molar-refractivity contribution >= 4 is 56.3 Å². The molecule has 2 heterocycles. The van der Waals surface area contributed by atoms with Crippen LogP contribution in [0.4, 0.5) is 10.1 Å². The van der Waals surface area contributed by atoms with E-state index in [-0.39, 0.29) is 40.9 Å². The SMILES string of the molecule is C#C.C#C.C=C.CC(C)(C)C(Nc1ccccc1F)C(=O)N1CCC[C@H]1C(=O)NC1CC1.COc1c[nH]c(=O)c2cc(Cl)ccc12.O=CNS(=O)(=O)C1CC1. The van der Waals surface area contributed by atoms with Crippen molar-refractivity contribution in [2.75, 3.05) is 19.0 Å². The van der Waals surface area contributed by atoms with E-state index in [0.717, 1.165) is 24.6 Å². The fourth-order valence-electron chi connectivity index (χ4n) is 5.29. The summed E-state index contributed by atoms with van der Waals surface area (Å²) in [5.74, 6) is 0.0429. The Balaban J connectivity index is 0.000000435. The first kappa shape index (κ1) is 47.7. The first-order chi connectivity index (χ1) is 26.2. The van der Waals surface area contributed by atoms with Crippen LogP contribution in [0, 0.1) is 36.9 Å². The van der Waals surface area contributed by atoms with Gasteiger partial charge in [-0.3, -0.25) is 23.9 Å². The number of likely N-dealkylation sites (tertiary alicyclic amines) is 1. The van der Waals surface area contributed by atoms with Gasteiger partial charge in [-0.25, -0.2) is 12.8 Å². The maximum absolute atomic E-state index is 14.1. The van der Waals surface area contributed by atoms with E-state index < -0.39 is 27.5 Å². The predicted octanol–water partition coefficient (Wildman–Crippen LogP) is 5.64. The highest BCUT2D eigenvalue weighted by Gasteiger charge is 2.42. The quantitative estimate of drug-likeness (QED) is 0.123. The van der Waals surface area contributed by atoms with Crippen molar-refractivity contribution in [1.82, 2.24) is 19.9 Å². The second kappa shape index (κ2) is 22.8. The van der Waals surface area contributed by atoms with Gasteiger partial charge in [-0.2, -0.15) is 0 Å². The molecule has 298 valence electrons. The number of sulfonamides is 1. The highest BCUT2D eigenvalue weighted by molar-refractivity contribution is 7.90. The fraction of sp³-hybridized carbons (Fsp3) is 0.400. The van der Waals surface area contributed by atoms with Crippen molar-refractivity contribution in [2.45, 2.75) is 82.7 Å². The molecule has 2 aliphatic carbocycles. The number of amides is 3. The summed E-state index contributed by atoms with van der Waals surface area (Å²) in [7, 11) is -1.70.